The molecule has 1 aromatic carbocycles. The average molecular weight is 290 g/mol. The van der Waals surface area contributed by atoms with Gasteiger partial charge in [-0.3, -0.25) is 0 Å². The lowest BCUT2D eigenvalue weighted by atomic mass is 9.89. The highest BCUT2D eigenvalue weighted by atomic mass is 35.5. The molecule has 0 saturated heterocycles. The summed E-state index contributed by atoms with van der Waals surface area (Å²) in [6.07, 6.45) is 3.23. The Hall–Kier alpha value is -1.32. The maximum atomic E-state index is 6.33. The highest BCUT2D eigenvalue weighted by Gasteiger charge is 2.27. The van der Waals surface area contributed by atoms with Gasteiger partial charge in [0.2, 0.25) is 0 Å². The van der Waals surface area contributed by atoms with Crippen molar-refractivity contribution in [1.29, 1.82) is 0 Å². The monoisotopic (exact) mass is 289 g/mol. The van der Waals surface area contributed by atoms with E-state index in [-0.39, 0.29) is 6.04 Å². The van der Waals surface area contributed by atoms with Crippen LogP contribution >= 0.6 is 11.6 Å². The van der Waals surface area contributed by atoms with Crippen LogP contribution in [0.4, 0.5) is 0 Å². The lowest BCUT2D eigenvalue weighted by molar-refractivity contribution is 0.554. The van der Waals surface area contributed by atoms with Gasteiger partial charge in [0.15, 0.2) is 0 Å². The van der Waals surface area contributed by atoms with Gasteiger partial charge in [-0.2, -0.15) is 5.10 Å². The van der Waals surface area contributed by atoms with Crippen molar-refractivity contribution in [2.24, 2.45) is 5.73 Å². The molecule has 1 aliphatic carbocycles. The van der Waals surface area contributed by atoms with E-state index < -0.39 is 0 Å². The van der Waals surface area contributed by atoms with E-state index in [0.717, 1.165) is 35.7 Å². The Labute approximate surface area is 124 Å². The molecule has 3 nitrogen and oxygen atoms in total. The van der Waals surface area contributed by atoms with Crippen molar-refractivity contribution >= 4 is 11.6 Å². The molecular weight excluding hydrogens is 270 g/mol. The molecule has 0 spiro atoms. The topological polar surface area (TPSA) is 43.8 Å². The minimum atomic E-state index is 0.122. The highest BCUT2D eigenvalue weighted by Crippen LogP contribution is 2.35. The fourth-order valence-electron chi connectivity index (χ4n) is 2.98. The Morgan fingerprint density at radius 1 is 1.30 bits per heavy atom. The largest absolute Gasteiger partial charge is 0.324 e. The van der Waals surface area contributed by atoms with Gasteiger partial charge in [-0.1, -0.05) is 25.4 Å². The van der Waals surface area contributed by atoms with Crippen LogP contribution in [0, 0.1) is 0 Å². The number of nitrogens with two attached hydrogens (primary N) is 1. The van der Waals surface area contributed by atoms with Crippen molar-refractivity contribution in [3.05, 3.63) is 46.2 Å². The molecule has 0 amide bonds. The van der Waals surface area contributed by atoms with Gasteiger partial charge in [-0.05, 0) is 49.4 Å². The Balaban J connectivity index is 2.16. The minimum absolute atomic E-state index is 0.122. The SMILES string of the molecule is CC(C)c1nn(-c2ccc(Cl)cc2)c2c1C(N)CCC2. The lowest BCUT2D eigenvalue weighted by Crippen LogP contribution is -2.19. The first-order chi connectivity index (χ1) is 9.58. The predicted octanol–water partition coefficient (Wildman–Crippen LogP) is 3.99. The van der Waals surface area contributed by atoms with Crippen LogP contribution in [0.25, 0.3) is 5.69 Å². The highest BCUT2D eigenvalue weighted by molar-refractivity contribution is 6.30. The third-order valence-corrected chi connectivity index (χ3v) is 4.22. The molecule has 1 atom stereocenters. The molecule has 20 heavy (non-hydrogen) atoms. The van der Waals surface area contributed by atoms with Gasteiger partial charge in [0.25, 0.3) is 0 Å². The number of aromatic nitrogens is 2. The summed E-state index contributed by atoms with van der Waals surface area (Å²) in [5, 5.41) is 5.58. The van der Waals surface area contributed by atoms with Gasteiger partial charge in [0.05, 0.1) is 11.4 Å². The van der Waals surface area contributed by atoms with Gasteiger partial charge in [-0.25, -0.2) is 4.68 Å². The normalized spacial score (nSPS) is 18.4. The van der Waals surface area contributed by atoms with Crippen molar-refractivity contribution in [2.75, 3.05) is 0 Å². The third-order valence-electron chi connectivity index (χ3n) is 3.97. The summed E-state index contributed by atoms with van der Waals surface area (Å²) in [7, 11) is 0. The molecule has 0 fully saturated rings. The maximum absolute atomic E-state index is 6.33. The van der Waals surface area contributed by atoms with E-state index in [1.54, 1.807) is 0 Å². The van der Waals surface area contributed by atoms with Crippen LogP contribution < -0.4 is 5.73 Å². The van der Waals surface area contributed by atoms with E-state index in [1.165, 1.54) is 11.3 Å². The fraction of sp³-hybridized carbons (Fsp3) is 0.438. The Morgan fingerprint density at radius 2 is 2.00 bits per heavy atom. The first-order valence-corrected chi connectivity index (χ1v) is 7.59. The summed E-state index contributed by atoms with van der Waals surface area (Å²) in [4.78, 5) is 0. The van der Waals surface area contributed by atoms with Crippen LogP contribution in [0.15, 0.2) is 24.3 Å². The van der Waals surface area contributed by atoms with Crippen LogP contribution in [0.2, 0.25) is 5.02 Å². The van der Waals surface area contributed by atoms with E-state index >= 15 is 0 Å². The zero-order valence-corrected chi connectivity index (χ0v) is 12.7. The second-order valence-electron chi connectivity index (χ2n) is 5.79. The number of rotatable bonds is 2. The molecule has 0 radical (unpaired) electrons. The number of benzene rings is 1. The molecule has 3 rings (SSSR count). The first-order valence-electron chi connectivity index (χ1n) is 7.21. The van der Waals surface area contributed by atoms with E-state index in [4.69, 9.17) is 22.4 Å². The van der Waals surface area contributed by atoms with Gasteiger partial charge in [0.1, 0.15) is 0 Å². The fourth-order valence-corrected chi connectivity index (χ4v) is 3.11. The van der Waals surface area contributed by atoms with E-state index in [1.807, 2.05) is 24.3 Å². The maximum Gasteiger partial charge on any atom is 0.0705 e. The molecule has 106 valence electrons. The summed E-state index contributed by atoms with van der Waals surface area (Å²) in [6.45, 7) is 4.35. The molecule has 0 saturated carbocycles. The summed E-state index contributed by atoms with van der Waals surface area (Å²) in [5.74, 6) is 0.390. The molecule has 2 aromatic rings. The standard InChI is InChI=1S/C16H20ClN3/c1-10(2)16-15-13(18)4-3-5-14(15)20(19-16)12-8-6-11(17)7-9-12/h6-10,13H,3-5,18H2,1-2H3. The molecule has 0 bridgehead atoms. The van der Waals surface area contributed by atoms with E-state index in [2.05, 4.69) is 18.5 Å². The van der Waals surface area contributed by atoms with Crippen molar-refractivity contribution < 1.29 is 0 Å². The summed E-state index contributed by atoms with van der Waals surface area (Å²) in [5.41, 5.74) is 11.1. The molecule has 1 aliphatic rings. The quantitative estimate of drug-likeness (QED) is 0.908. The summed E-state index contributed by atoms with van der Waals surface area (Å²) >= 11 is 5.97. The lowest BCUT2D eigenvalue weighted by Gasteiger charge is -2.21. The molecule has 2 N–H and O–H groups in total. The average Bonchev–Trinajstić information content (AvgIpc) is 2.81. The molecule has 4 heteroatoms. The van der Waals surface area contributed by atoms with Crippen molar-refractivity contribution in [3.8, 4) is 5.69 Å². The minimum Gasteiger partial charge on any atom is -0.324 e. The zero-order valence-electron chi connectivity index (χ0n) is 11.9. The number of halogens is 1. The number of fused-ring (bicyclic) bond motifs is 1. The smallest absolute Gasteiger partial charge is 0.0705 e. The van der Waals surface area contributed by atoms with Crippen LogP contribution in [0.3, 0.4) is 0 Å². The van der Waals surface area contributed by atoms with Gasteiger partial charge >= 0.3 is 0 Å². The molecule has 1 unspecified atom stereocenters. The summed E-state index contributed by atoms with van der Waals surface area (Å²) in [6, 6.07) is 7.96. The Morgan fingerprint density at radius 3 is 2.65 bits per heavy atom. The van der Waals surface area contributed by atoms with Crippen molar-refractivity contribution in [3.63, 3.8) is 0 Å². The predicted molar refractivity (Wildman–Crippen MR) is 82.5 cm³/mol. The second-order valence-corrected chi connectivity index (χ2v) is 6.22. The molecule has 1 heterocycles. The van der Waals surface area contributed by atoms with Crippen LogP contribution in [0.1, 0.15) is 55.6 Å². The van der Waals surface area contributed by atoms with Gasteiger partial charge in [-0.15, -0.1) is 0 Å². The van der Waals surface area contributed by atoms with Gasteiger partial charge < -0.3 is 5.73 Å². The molecule has 1 aromatic heterocycles. The van der Waals surface area contributed by atoms with Crippen LogP contribution in [0.5, 0.6) is 0 Å². The third kappa shape index (κ3) is 2.25. The molecule has 0 aliphatic heterocycles. The Kier molecular flexibility index (Phi) is 3.57. The van der Waals surface area contributed by atoms with Crippen LogP contribution in [-0.2, 0) is 6.42 Å². The van der Waals surface area contributed by atoms with Crippen molar-refractivity contribution in [1.82, 2.24) is 9.78 Å². The first kappa shape index (κ1) is 13.7. The number of hydrogen-bond acceptors (Lipinski definition) is 2. The molecular formula is C16H20ClN3. The second kappa shape index (κ2) is 5.23. The van der Waals surface area contributed by atoms with Crippen LogP contribution in [-0.4, -0.2) is 9.78 Å². The Bertz CT molecular complexity index is 613. The zero-order chi connectivity index (χ0) is 14.3. The van der Waals surface area contributed by atoms with Gasteiger partial charge in [0, 0.05) is 22.3 Å². The summed E-state index contributed by atoms with van der Waals surface area (Å²) < 4.78 is 2.06. The number of nitrogens with zero attached hydrogens (tertiary/aromatic N) is 2. The number of hydrogen-bond donors (Lipinski definition) is 1. The van der Waals surface area contributed by atoms with Crippen molar-refractivity contribution in [2.45, 2.75) is 45.1 Å². The van der Waals surface area contributed by atoms with E-state index in [9.17, 15) is 0 Å². The van der Waals surface area contributed by atoms with E-state index in [0.29, 0.717) is 5.92 Å².